The van der Waals surface area contributed by atoms with Gasteiger partial charge in [-0.1, -0.05) is 13.8 Å². The van der Waals surface area contributed by atoms with Gasteiger partial charge in [0.1, 0.15) is 0 Å². The number of phosphoric ester groups is 1. The number of likely N-dealkylation sites (N-methyl/N-ethyl adjacent to an activating group) is 2. The van der Waals surface area contributed by atoms with Gasteiger partial charge in [-0.25, -0.2) is 4.57 Å². The molecule has 0 aromatic carbocycles. The van der Waals surface area contributed by atoms with Crippen molar-refractivity contribution in [3.8, 4) is 0 Å². The predicted octanol–water partition coefficient (Wildman–Crippen LogP) is 2.54. The van der Waals surface area contributed by atoms with E-state index in [1.807, 2.05) is 13.8 Å². The van der Waals surface area contributed by atoms with Crippen LogP contribution in [0.3, 0.4) is 0 Å². The summed E-state index contributed by atoms with van der Waals surface area (Å²) in [7, 11) is 0.625. The molecular formula is C13H31N2O4P. The lowest BCUT2D eigenvalue weighted by Crippen LogP contribution is -2.32. The van der Waals surface area contributed by atoms with Crippen LogP contribution < -0.4 is 0 Å². The van der Waals surface area contributed by atoms with E-state index in [0.717, 1.165) is 6.04 Å². The summed E-state index contributed by atoms with van der Waals surface area (Å²) >= 11 is 0. The first-order chi connectivity index (χ1) is 9.25. The zero-order valence-electron chi connectivity index (χ0n) is 13.7. The Morgan fingerprint density at radius 3 is 1.80 bits per heavy atom. The fraction of sp³-hybridized carbons (Fsp3) is 1.00. The van der Waals surface area contributed by atoms with Crippen molar-refractivity contribution in [3.05, 3.63) is 0 Å². The van der Waals surface area contributed by atoms with Gasteiger partial charge in [-0.05, 0) is 40.8 Å². The smallest absolute Gasteiger partial charge is 0.302 e. The maximum atomic E-state index is 10.8. The summed E-state index contributed by atoms with van der Waals surface area (Å²) in [4.78, 5) is 13.6. The highest BCUT2D eigenvalue weighted by atomic mass is 31.2. The first kappa shape index (κ1) is 20.0. The highest BCUT2D eigenvalue weighted by molar-refractivity contribution is 7.47. The maximum Gasteiger partial charge on any atom is 0.472 e. The number of hydrogen-bond donors (Lipinski definition) is 1. The van der Waals surface area contributed by atoms with Crippen molar-refractivity contribution in [1.29, 1.82) is 0 Å². The second-order valence-electron chi connectivity index (χ2n) is 5.22. The van der Waals surface area contributed by atoms with Crippen LogP contribution in [-0.2, 0) is 13.6 Å². The summed E-state index contributed by atoms with van der Waals surface area (Å²) in [5, 5.41) is 0. The van der Waals surface area contributed by atoms with Crippen LogP contribution in [0.4, 0.5) is 0 Å². The molecule has 0 spiro atoms. The predicted molar refractivity (Wildman–Crippen MR) is 81.6 cm³/mol. The largest absolute Gasteiger partial charge is 0.472 e. The third-order valence-electron chi connectivity index (χ3n) is 3.39. The van der Waals surface area contributed by atoms with Crippen LogP contribution in [0.5, 0.6) is 0 Å². The van der Waals surface area contributed by atoms with Crippen LogP contribution >= 0.6 is 7.82 Å². The monoisotopic (exact) mass is 310 g/mol. The summed E-state index contributed by atoms with van der Waals surface area (Å²) in [5.74, 6) is 0. The molecule has 0 aromatic heterocycles. The van der Waals surface area contributed by atoms with Crippen molar-refractivity contribution < 1.29 is 18.5 Å². The van der Waals surface area contributed by atoms with Gasteiger partial charge in [-0.2, -0.15) is 0 Å². The molecule has 2 unspecified atom stereocenters. The Kier molecular flexibility index (Phi) is 9.89. The van der Waals surface area contributed by atoms with E-state index in [9.17, 15) is 4.57 Å². The number of nitrogens with zero attached hydrogens (tertiary/aromatic N) is 2. The molecule has 0 radical (unpaired) electrons. The van der Waals surface area contributed by atoms with Crippen molar-refractivity contribution in [2.45, 2.75) is 52.7 Å². The van der Waals surface area contributed by atoms with E-state index in [1.165, 1.54) is 6.54 Å². The Hall–Kier alpha value is 0.0300. The van der Waals surface area contributed by atoms with Crippen LogP contribution in [-0.4, -0.2) is 60.8 Å². The van der Waals surface area contributed by atoms with E-state index >= 15 is 0 Å². The summed E-state index contributed by atoms with van der Waals surface area (Å²) in [6.45, 7) is 9.95. The molecule has 1 saturated heterocycles. The van der Waals surface area contributed by atoms with Gasteiger partial charge >= 0.3 is 7.82 Å². The Morgan fingerprint density at radius 1 is 1.15 bits per heavy atom. The zero-order chi connectivity index (χ0) is 15.8. The highest BCUT2D eigenvalue weighted by Crippen LogP contribution is 2.43. The molecule has 122 valence electrons. The highest BCUT2D eigenvalue weighted by Gasteiger charge is 2.27. The molecule has 1 N–H and O–H groups in total. The number of rotatable bonds is 6. The first-order valence-corrected chi connectivity index (χ1v) is 8.78. The van der Waals surface area contributed by atoms with Crippen LogP contribution in [0.15, 0.2) is 0 Å². The van der Waals surface area contributed by atoms with Crippen LogP contribution in [0, 0.1) is 0 Å². The van der Waals surface area contributed by atoms with Gasteiger partial charge in [0.25, 0.3) is 0 Å². The molecule has 20 heavy (non-hydrogen) atoms. The summed E-state index contributed by atoms with van der Waals surface area (Å²) in [5.41, 5.74) is 0. The van der Waals surface area contributed by atoms with Gasteiger partial charge in [0, 0.05) is 12.6 Å². The topological polar surface area (TPSA) is 62.2 Å². The minimum absolute atomic E-state index is 0.261. The molecule has 0 bridgehead atoms. The van der Waals surface area contributed by atoms with Crippen LogP contribution in [0.25, 0.3) is 0 Å². The number of hydrogen-bond acceptors (Lipinski definition) is 5. The van der Waals surface area contributed by atoms with Gasteiger partial charge in [0.15, 0.2) is 0 Å². The fourth-order valence-electron chi connectivity index (χ4n) is 1.83. The molecule has 7 heteroatoms. The summed E-state index contributed by atoms with van der Waals surface area (Å²) < 4.78 is 20.0. The van der Waals surface area contributed by atoms with Gasteiger partial charge in [-0.3, -0.25) is 18.8 Å². The van der Waals surface area contributed by atoms with Crippen LogP contribution in [0.2, 0.25) is 0 Å². The Labute approximate surface area is 123 Å². The third-order valence-corrected chi connectivity index (χ3v) is 4.41. The van der Waals surface area contributed by atoms with Crippen molar-refractivity contribution >= 4 is 7.82 Å². The van der Waals surface area contributed by atoms with E-state index in [-0.39, 0.29) is 13.2 Å². The van der Waals surface area contributed by atoms with Gasteiger partial charge in [0.05, 0.1) is 19.4 Å². The van der Waals surface area contributed by atoms with E-state index in [1.54, 1.807) is 0 Å². The SMILES string of the molecule is CC1CN(C)C(C)N1C.CCCOP(=O)(O)OCCC. The molecular weight excluding hydrogens is 279 g/mol. The van der Waals surface area contributed by atoms with Crippen molar-refractivity contribution in [2.75, 3.05) is 33.9 Å². The van der Waals surface area contributed by atoms with Gasteiger partial charge in [-0.15, -0.1) is 0 Å². The van der Waals surface area contributed by atoms with E-state index in [4.69, 9.17) is 4.89 Å². The van der Waals surface area contributed by atoms with Crippen molar-refractivity contribution in [3.63, 3.8) is 0 Å². The first-order valence-electron chi connectivity index (χ1n) is 7.29. The Balaban J connectivity index is 0.000000367. The van der Waals surface area contributed by atoms with Crippen molar-refractivity contribution in [2.24, 2.45) is 0 Å². The second kappa shape index (κ2) is 9.87. The van der Waals surface area contributed by atoms with Crippen LogP contribution in [0.1, 0.15) is 40.5 Å². The average Bonchev–Trinajstić information content (AvgIpc) is 2.62. The summed E-state index contributed by atoms with van der Waals surface area (Å²) in [6.07, 6.45) is 2.04. The summed E-state index contributed by atoms with van der Waals surface area (Å²) in [6, 6.07) is 0.727. The van der Waals surface area contributed by atoms with Gasteiger partial charge < -0.3 is 4.89 Å². The minimum atomic E-state index is -3.73. The molecule has 1 heterocycles. The maximum absolute atomic E-state index is 10.8. The normalized spacial score (nSPS) is 24.6. The third kappa shape index (κ3) is 7.72. The zero-order valence-corrected chi connectivity index (χ0v) is 14.6. The van der Waals surface area contributed by atoms with Crippen molar-refractivity contribution in [1.82, 2.24) is 9.80 Å². The molecule has 0 saturated carbocycles. The molecule has 1 aliphatic heterocycles. The van der Waals surface area contributed by atoms with E-state index in [2.05, 4.69) is 46.8 Å². The van der Waals surface area contributed by atoms with E-state index in [0.29, 0.717) is 19.0 Å². The molecule has 0 aromatic rings. The van der Waals surface area contributed by atoms with Gasteiger partial charge in [0.2, 0.25) is 0 Å². The Bertz CT molecular complexity index is 280. The quantitative estimate of drug-likeness (QED) is 0.761. The molecule has 0 aliphatic carbocycles. The standard InChI is InChI=1S/C7H16N2.C6H15O4P/c1-6-5-8(3)7(2)9(6)4;1-3-5-9-11(7,8)10-6-4-2/h6-7H,5H2,1-4H3;3-6H2,1-2H3,(H,7,8). The second-order valence-corrected chi connectivity index (χ2v) is 6.67. The Morgan fingerprint density at radius 2 is 1.60 bits per heavy atom. The molecule has 1 aliphatic rings. The lowest BCUT2D eigenvalue weighted by Gasteiger charge is -2.21. The lowest BCUT2D eigenvalue weighted by molar-refractivity contribution is 0.150. The lowest BCUT2D eigenvalue weighted by atomic mass is 10.3. The molecule has 6 nitrogen and oxygen atoms in total. The average molecular weight is 310 g/mol. The molecule has 2 atom stereocenters. The molecule has 0 amide bonds. The fourth-order valence-corrected chi connectivity index (χ4v) is 2.73. The molecule has 1 rings (SSSR count). The number of phosphoric acid groups is 1. The van der Waals surface area contributed by atoms with E-state index < -0.39 is 7.82 Å². The molecule has 1 fully saturated rings. The minimum Gasteiger partial charge on any atom is -0.302 e.